The molecule has 0 unspecified atom stereocenters. The average Bonchev–Trinajstić information content (AvgIpc) is 2.64. The molecule has 1 amide bonds. The maximum atomic E-state index is 13.6. The zero-order valence-electron chi connectivity index (χ0n) is 14.9. The minimum Gasteiger partial charge on any atom is -0.453 e. The summed E-state index contributed by atoms with van der Waals surface area (Å²) in [6, 6.07) is 4.36. The van der Waals surface area contributed by atoms with Gasteiger partial charge in [0.1, 0.15) is 0 Å². The molecule has 0 atom stereocenters. The number of likely N-dealkylation sites (tertiary alicyclic amines) is 1. The summed E-state index contributed by atoms with van der Waals surface area (Å²) >= 11 is 0. The highest BCUT2D eigenvalue weighted by atomic mass is 127. The van der Waals surface area contributed by atoms with Crippen molar-refractivity contribution in [2.75, 3.05) is 33.8 Å². The first-order chi connectivity index (χ1) is 12.0. The SMILES string of the molecule is CN=C(NCCc1cccc(F)c1F)NC1CCN(C(=O)OC)CC1.I. The Hall–Kier alpha value is -1.65. The molecule has 1 aliphatic heterocycles. The first kappa shape index (κ1) is 22.4. The number of aliphatic imine (C=N–C) groups is 1. The van der Waals surface area contributed by atoms with E-state index >= 15 is 0 Å². The predicted molar refractivity (Wildman–Crippen MR) is 107 cm³/mol. The van der Waals surface area contributed by atoms with Crippen LogP contribution >= 0.6 is 24.0 Å². The standard InChI is InChI=1S/C17H24F2N4O2.HI/c1-20-16(21-9-6-12-4-3-5-14(18)15(12)19)22-13-7-10-23(11-8-13)17(24)25-2;/h3-5,13H,6-11H2,1-2H3,(H2,20,21,22);1H. The largest absolute Gasteiger partial charge is 0.453 e. The molecule has 1 fully saturated rings. The number of piperidine rings is 1. The predicted octanol–water partition coefficient (Wildman–Crippen LogP) is 2.52. The van der Waals surface area contributed by atoms with Crippen LogP contribution in [0, 0.1) is 11.6 Å². The first-order valence-corrected chi connectivity index (χ1v) is 8.28. The molecule has 2 N–H and O–H groups in total. The summed E-state index contributed by atoms with van der Waals surface area (Å²) in [7, 11) is 3.03. The molecule has 1 aliphatic rings. The van der Waals surface area contributed by atoms with Crippen LogP contribution in [0.5, 0.6) is 0 Å². The van der Waals surface area contributed by atoms with Gasteiger partial charge in [-0.15, -0.1) is 24.0 Å². The highest BCUT2D eigenvalue weighted by Crippen LogP contribution is 2.12. The fourth-order valence-corrected chi connectivity index (χ4v) is 2.78. The van der Waals surface area contributed by atoms with Crippen molar-refractivity contribution in [3.8, 4) is 0 Å². The maximum Gasteiger partial charge on any atom is 0.409 e. The highest BCUT2D eigenvalue weighted by molar-refractivity contribution is 14.0. The van der Waals surface area contributed by atoms with E-state index < -0.39 is 11.6 Å². The van der Waals surface area contributed by atoms with Gasteiger partial charge in [0.2, 0.25) is 0 Å². The zero-order valence-corrected chi connectivity index (χ0v) is 17.3. The number of methoxy groups -OCH3 is 1. The Morgan fingerprint density at radius 1 is 1.35 bits per heavy atom. The third-order valence-electron chi connectivity index (χ3n) is 4.21. The van der Waals surface area contributed by atoms with E-state index in [-0.39, 0.29) is 36.1 Å². The number of halogens is 3. The van der Waals surface area contributed by atoms with Gasteiger partial charge in [0.05, 0.1) is 7.11 Å². The van der Waals surface area contributed by atoms with Crippen molar-refractivity contribution < 1.29 is 18.3 Å². The zero-order chi connectivity index (χ0) is 18.2. The minimum atomic E-state index is -0.836. The van der Waals surface area contributed by atoms with Gasteiger partial charge in [0.15, 0.2) is 17.6 Å². The number of guanidine groups is 1. The molecule has 1 heterocycles. The van der Waals surface area contributed by atoms with E-state index in [1.54, 1.807) is 18.0 Å². The molecule has 1 aromatic carbocycles. The summed E-state index contributed by atoms with van der Waals surface area (Å²) in [5, 5.41) is 6.39. The molecular formula is C17H25F2IN4O2. The lowest BCUT2D eigenvalue weighted by Gasteiger charge is -2.32. The van der Waals surface area contributed by atoms with Gasteiger partial charge >= 0.3 is 6.09 Å². The topological polar surface area (TPSA) is 66.0 Å². The number of nitrogens with one attached hydrogen (secondary N) is 2. The summed E-state index contributed by atoms with van der Waals surface area (Å²) in [5.74, 6) is -1.03. The number of carbonyl (C=O) groups excluding carboxylic acids is 1. The highest BCUT2D eigenvalue weighted by Gasteiger charge is 2.23. The lowest BCUT2D eigenvalue weighted by atomic mass is 10.1. The lowest BCUT2D eigenvalue weighted by Crippen LogP contribution is -2.50. The number of ether oxygens (including phenoxy) is 1. The lowest BCUT2D eigenvalue weighted by molar-refractivity contribution is 0.111. The van der Waals surface area contributed by atoms with Gasteiger partial charge in [0, 0.05) is 32.7 Å². The van der Waals surface area contributed by atoms with E-state index in [1.807, 2.05) is 0 Å². The van der Waals surface area contributed by atoms with E-state index in [4.69, 9.17) is 4.74 Å². The molecule has 0 radical (unpaired) electrons. The second-order valence-corrected chi connectivity index (χ2v) is 5.84. The average molecular weight is 482 g/mol. The van der Waals surface area contributed by atoms with Crippen LogP contribution in [0.3, 0.4) is 0 Å². The molecule has 1 saturated heterocycles. The number of hydrogen-bond donors (Lipinski definition) is 2. The summed E-state index contributed by atoms with van der Waals surface area (Å²) < 4.78 is 31.5. The number of benzene rings is 1. The van der Waals surface area contributed by atoms with Crippen molar-refractivity contribution >= 4 is 36.0 Å². The fraction of sp³-hybridized carbons (Fsp3) is 0.529. The van der Waals surface area contributed by atoms with Crippen LogP contribution in [0.1, 0.15) is 18.4 Å². The maximum absolute atomic E-state index is 13.6. The Morgan fingerprint density at radius 3 is 2.65 bits per heavy atom. The Balaban J connectivity index is 0.00000338. The quantitative estimate of drug-likeness (QED) is 0.394. The summed E-state index contributed by atoms with van der Waals surface area (Å²) in [6.07, 6.45) is 1.62. The van der Waals surface area contributed by atoms with Crippen molar-refractivity contribution in [1.29, 1.82) is 0 Å². The second kappa shape index (κ2) is 11.1. The van der Waals surface area contributed by atoms with Crippen molar-refractivity contribution in [2.45, 2.75) is 25.3 Å². The minimum absolute atomic E-state index is 0. The van der Waals surface area contributed by atoms with Crippen LogP contribution in [0.25, 0.3) is 0 Å². The smallest absolute Gasteiger partial charge is 0.409 e. The molecule has 0 aliphatic carbocycles. The normalized spacial score (nSPS) is 15.2. The monoisotopic (exact) mass is 482 g/mol. The molecule has 0 spiro atoms. The molecule has 6 nitrogen and oxygen atoms in total. The van der Waals surface area contributed by atoms with Gasteiger partial charge in [-0.05, 0) is 30.9 Å². The van der Waals surface area contributed by atoms with Crippen molar-refractivity contribution in [2.24, 2.45) is 4.99 Å². The number of carbonyl (C=O) groups is 1. The summed E-state index contributed by atoms with van der Waals surface area (Å²) in [6.45, 7) is 1.67. The van der Waals surface area contributed by atoms with Crippen LogP contribution in [-0.4, -0.2) is 56.8 Å². The Kier molecular flexibility index (Phi) is 9.60. The van der Waals surface area contributed by atoms with Crippen molar-refractivity contribution in [1.82, 2.24) is 15.5 Å². The van der Waals surface area contributed by atoms with Crippen LogP contribution in [0.4, 0.5) is 13.6 Å². The number of nitrogens with zero attached hydrogens (tertiary/aromatic N) is 2. The van der Waals surface area contributed by atoms with Gasteiger partial charge in [-0.25, -0.2) is 13.6 Å². The molecule has 0 bridgehead atoms. The Bertz CT molecular complexity index is 623. The Morgan fingerprint density at radius 2 is 2.04 bits per heavy atom. The molecular weight excluding hydrogens is 457 g/mol. The molecule has 2 rings (SSSR count). The number of rotatable bonds is 4. The van der Waals surface area contributed by atoms with E-state index in [0.29, 0.717) is 37.6 Å². The van der Waals surface area contributed by atoms with Crippen LogP contribution < -0.4 is 10.6 Å². The van der Waals surface area contributed by atoms with Gasteiger partial charge < -0.3 is 20.3 Å². The number of hydrogen-bond acceptors (Lipinski definition) is 3. The van der Waals surface area contributed by atoms with Gasteiger partial charge in [-0.3, -0.25) is 4.99 Å². The number of amides is 1. The van der Waals surface area contributed by atoms with Gasteiger partial charge in [0.25, 0.3) is 0 Å². The molecule has 1 aromatic rings. The molecule has 0 aromatic heterocycles. The Labute approximate surface area is 169 Å². The molecule has 146 valence electrons. The van der Waals surface area contributed by atoms with E-state index in [9.17, 15) is 13.6 Å². The molecule has 26 heavy (non-hydrogen) atoms. The van der Waals surface area contributed by atoms with Crippen molar-refractivity contribution in [3.63, 3.8) is 0 Å². The first-order valence-electron chi connectivity index (χ1n) is 8.28. The van der Waals surface area contributed by atoms with Crippen LogP contribution in [-0.2, 0) is 11.2 Å². The van der Waals surface area contributed by atoms with Crippen LogP contribution in [0.2, 0.25) is 0 Å². The van der Waals surface area contributed by atoms with E-state index in [0.717, 1.165) is 18.9 Å². The second-order valence-electron chi connectivity index (χ2n) is 5.84. The molecule has 0 saturated carbocycles. The summed E-state index contributed by atoms with van der Waals surface area (Å²) in [4.78, 5) is 17.3. The van der Waals surface area contributed by atoms with Crippen molar-refractivity contribution in [3.05, 3.63) is 35.4 Å². The third kappa shape index (κ3) is 6.26. The molecule has 9 heteroatoms. The van der Waals surface area contributed by atoms with Gasteiger partial charge in [-0.1, -0.05) is 12.1 Å². The van der Waals surface area contributed by atoms with E-state index in [2.05, 4.69) is 15.6 Å². The van der Waals surface area contributed by atoms with Gasteiger partial charge in [-0.2, -0.15) is 0 Å². The van der Waals surface area contributed by atoms with E-state index in [1.165, 1.54) is 13.2 Å². The summed E-state index contributed by atoms with van der Waals surface area (Å²) in [5.41, 5.74) is 0.328. The van der Waals surface area contributed by atoms with Crippen LogP contribution in [0.15, 0.2) is 23.2 Å². The third-order valence-corrected chi connectivity index (χ3v) is 4.21. The fourth-order valence-electron chi connectivity index (χ4n) is 2.78.